The van der Waals surface area contributed by atoms with E-state index in [1.54, 1.807) is 17.0 Å². The van der Waals surface area contributed by atoms with Gasteiger partial charge < -0.3 is 14.5 Å². The van der Waals surface area contributed by atoms with Crippen LogP contribution in [-0.2, 0) is 9.53 Å². The molecule has 3 fully saturated rings. The Kier molecular flexibility index (Phi) is 4.31. The Morgan fingerprint density at radius 3 is 2.62 bits per heavy atom. The second kappa shape index (κ2) is 6.45. The van der Waals surface area contributed by atoms with Gasteiger partial charge in [0.05, 0.1) is 12.1 Å². The summed E-state index contributed by atoms with van der Waals surface area (Å²) in [6.45, 7) is 2.71. The van der Waals surface area contributed by atoms with Crippen molar-refractivity contribution in [2.45, 2.75) is 50.2 Å². The average Bonchev–Trinajstić information content (AvgIpc) is 3.13. The predicted octanol–water partition coefficient (Wildman–Crippen LogP) is 2.97. The molecule has 1 aromatic rings. The van der Waals surface area contributed by atoms with E-state index in [2.05, 4.69) is 4.90 Å². The third kappa shape index (κ3) is 3.07. The van der Waals surface area contributed by atoms with Gasteiger partial charge in [0.25, 0.3) is 5.91 Å². The molecule has 1 aromatic carbocycles. The van der Waals surface area contributed by atoms with Gasteiger partial charge in [-0.15, -0.1) is 0 Å². The van der Waals surface area contributed by atoms with Crippen molar-refractivity contribution in [3.05, 3.63) is 30.1 Å². The molecule has 2 heterocycles. The Morgan fingerprint density at radius 2 is 1.92 bits per heavy atom. The number of likely N-dealkylation sites (tertiary alicyclic amines) is 1. The summed E-state index contributed by atoms with van der Waals surface area (Å²) in [4.78, 5) is 16.6. The van der Waals surface area contributed by atoms with Gasteiger partial charge in [-0.3, -0.25) is 4.79 Å². The van der Waals surface area contributed by atoms with Crippen LogP contribution < -0.4 is 4.90 Å². The van der Waals surface area contributed by atoms with E-state index in [-0.39, 0.29) is 23.9 Å². The van der Waals surface area contributed by atoms with Crippen molar-refractivity contribution >= 4 is 11.6 Å². The molecular formula is C19H25FN2O2. The van der Waals surface area contributed by atoms with Crippen LogP contribution >= 0.6 is 0 Å². The van der Waals surface area contributed by atoms with Crippen molar-refractivity contribution in [3.63, 3.8) is 0 Å². The maximum absolute atomic E-state index is 13.5. The maximum atomic E-state index is 13.5. The zero-order valence-corrected chi connectivity index (χ0v) is 14.0. The molecule has 0 N–H and O–H groups in total. The highest BCUT2D eigenvalue weighted by atomic mass is 19.1. The lowest BCUT2D eigenvalue weighted by molar-refractivity contribution is -0.145. The summed E-state index contributed by atoms with van der Waals surface area (Å²) in [5.41, 5.74) is 0.371. The van der Waals surface area contributed by atoms with Gasteiger partial charge in [-0.2, -0.15) is 0 Å². The molecule has 4 rings (SSSR count). The summed E-state index contributed by atoms with van der Waals surface area (Å²) in [6.07, 6.45) is 7.24. The Bertz CT molecular complexity index is 607. The molecule has 1 amide bonds. The molecule has 0 aromatic heterocycles. The van der Waals surface area contributed by atoms with E-state index in [1.807, 2.05) is 0 Å². The monoisotopic (exact) mass is 332 g/mol. The molecule has 0 unspecified atom stereocenters. The van der Waals surface area contributed by atoms with E-state index in [0.29, 0.717) is 12.2 Å². The zero-order chi connectivity index (χ0) is 16.6. The van der Waals surface area contributed by atoms with Crippen LogP contribution in [0, 0.1) is 5.82 Å². The Labute approximate surface area is 142 Å². The number of amides is 1. The summed E-state index contributed by atoms with van der Waals surface area (Å²) >= 11 is 0. The number of carbonyl (C=O) groups is 1. The summed E-state index contributed by atoms with van der Waals surface area (Å²) in [5.74, 6) is -0.388. The van der Waals surface area contributed by atoms with Crippen molar-refractivity contribution < 1.29 is 13.9 Å². The van der Waals surface area contributed by atoms with Crippen molar-refractivity contribution in [3.8, 4) is 0 Å². The predicted molar refractivity (Wildman–Crippen MR) is 90.5 cm³/mol. The molecule has 130 valence electrons. The minimum Gasteiger partial charge on any atom is -0.363 e. The van der Waals surface area contributed by atoms with Gasteiger partial charge in [-0.1, -0.05) is 18.9 Å². The minimum absolute atomic E-state index is 0.0792. The number of anilines is 1. The fraction of sp³-hybridized carbons (Fsp3) is 0.632. The lowest BCUT2D eigenvalue weighted by Gasteiger charge is -2.48. The molecule has 2 saturated heterocycles. The Morgan fingerprint density at radius 1 is 1.17 bits per heavy atom. The Hall–Kier alpha value is -1.46. The first kappa shape index (κ1) is 16.0. The molecule has 1 aliphatic carbocycles. The van der Waals surface area contributed by atoms with Crippen LogP contribution in [0.2, 0.25) is 0 Å². The minimum atomic E-state index is -0.308. The molecule has 4 nitrogen and oxygen atoms in total. The zero-order valence-electron chi connectivity index (χ0n) is 14.0. The molecule has 0 radical (unpaired) electrons. The second-order valence-corrected chi connectivity index (χ2v) is 7.41. The molecule has 2 aliphatic heterocycles. The van der Waals surface area contributed by atoms with Gasteiger partial charge in [0, 0.05) is 24.8 Å². The summed E-state index contributed by atoms with van der Waals surface area (Å²) in [5, 5.41) is 0. The van der Waals surface area contributed by atoms with Crippen LogP contribution in [0.1, 0.15) is 38.5 Å². The van der Waals surface area contributed by atoms with Gasteiger partial charge in [0.2, 0.25) is 0 Å². The van der Waals surface area contributed by atoms with Gasteiger partial charge in [-0.25, -0.2) is 4.39 Å². The number of rotatable bonds is 2. The van der Waals surface area contributed by atoms with Crippen LogP contribution in [0.5, 0.6) is 0 Å². The fourth-order valence-corrected chi connectivity index (χ4v) is 4.46. The van der Waals surface area contributed by atoms with E-state index in [1.165, 1.54) is 37.8 Å². The normalized spacial score (nSPS) is 25.5. The third-order valence-corrected chi connectivity index (χ3v) is 5.92. The highest BCUT2D eigenvalue weighted by Crippen LogP contribution is 2.35. The largest absolute Gasteiger partial charge is 0.363 e. The molecule has 24 heavy (non-hydrogen) atoms. The fourth-order valence-electron chi connectivity index (χ4n) is 4.46. The van der Waals surface area contributed by atoms with Gasteiger partial charge in [0.15, 0.2) is 0 Å². The van der Waals surface area contributed by atoms with E-state index < -0.39 is 0 Å². The topological polar surface area (TPSA) is 32.8 Å². The lowest BCUT2D eigenvalue weighted by atomic mass is 9.88. The van der Waals surface area contributed by atoms with Crippen molar-refractivity contribution in [1.29, 1.82) is 0 Å². The summed E-state index contributed by atoms with van der Waals surface area (Å²) in [7, 11) is 0. The number of carbonyl (C=O) groups excluding carboxylic acids is 1. The highest BCUT2D eigenvalue weighted by Gasteiger charge is 2.43. The quantitative estimate of drug-likeness (QED) is 0.835. The number of hydrogen-bond donors (Lipinski definition) is 0. The number of hydrogen-bond acceptors (Lipinski definition) is 3. The number of nitrogens with zero attached hydrogens (tertiary/aromatic N) is 2. The van der Waals surface area contributed by atoms with Crippen LogP contribution in [0.4, 0.5) is 10.1 Å². The smallest absolute Gasteiger partial charge is 0.253 e. The van der Waals surface area contributed by atoms with Crippen molar-refractivity contribution in [2.75, 3.05) is 31.1 Å². The van der Waals surface area contributed by atoms with Gasteiger partial charge in [0.1, 0.15) is 12.4 Å². The molecule has 5 heteroatoms. The SMILES string of the molecule is O=C1COC2(CCN(C3CCCC3)CC2)CN1c1cccc(F)c1. The summed E-state index contributed by atoms with van der Waals surface area (Å²) in [6, 6.07) is 7.04. The molecule has 3 aliphatic rings. The van der Waals surface area contributed by atoms with E-state index in [0.717, 1.165) is 32.0 Å². The first-order valence-electron chi connectivity index (χ1n) is 9.09. The van der Waals surface area contributed by atoms with Crippen LogP contribution in [0.25, 0.3) is 0 Å². The standard InChI is InChI=1S/C19H25FN2O2/c20-15-4-3-7-17(12-15)22-14-19(24-13-18(22)23)8-10-21(11-9-19)16-5-1-2-6-16/h3-4,7,12,16H,1-2,5-6,8-11,13-14H2. The van der Waals surface area contributed by atoms with E-state index >= 15 is 0 Å². The lowest BCUT2D eigenvalue weighted by Crippen LogP contribution is -2.59. The second-order valence-electron chi connectivity index (χ2n) is 7.41. The Balaban J connectivity index is 1.45. The number of benzene rings is 1. The number of halogens is 1. The molecular weight excluding hydrogens is 307 g/mol. The highest BCUT2D eigenvalue weighted by molar-refractivity contribution is 5.95. The average molecular weight is 332 g/mol. The van der Waals surface area contributed by atoms with E-state index in [4.69, 9.17) is 4.74 Å². The first-order chi connectivity index (χ1) is 11.7. The first-order valence-corrected chi connectivity index (χ1v) is 9.09. The summed E-state index contributed by atoms with van der Waals surface area (Å²) < 4.78 is 19.5. The van der Waals surface area contributed by atoms with Gasteiger partial charge in [-0.05, 0) is 43.9 Å². The number of piperidine rings is 1. The van der Waals surface area contributed by atoms with Crippen LogP contribution in [0.15, 0.2) is 24.3 Å². The van der Waals surface area contributed by atoms with Crippen molar-refractivity contribution in [1.82, 2.24) is 4.90 Å². The van der Waals surface area contributed by atoms with Gasteiger partial charge >= 0.3 is 0 Å². The molecule has 0 atom stereocenters. The molecule has 1 spiro atoms. The molecule has 1 saturated carbocycles. The maximum Gasteiger partial charge on any atom is 0.253 e. The van der Waals surface area contributed by atoms with Crippen LogP contribution in [-0.4, -0.2) is 48.7 Å². The molecule has 0 bridgehead atoms. The number of ether oxygens (including phenoxy) is 1. The number of morpholine rings is 1. The van der Waals surface area contributed by atoms with Crippen molar-refractivity contribution in [2.24, 2.45) is 0 Å². The van der Waals surface area contributed by atoms with E-state index in [9.17, 15) is 9.18 Å². The van der Waals surface area contributed by atoms with Crippen LogP contribution in [0.3, 0.4) is 0 Å². The third-order valence-electron chi connectivity index (χ3n) is 5.92.